The molecule has 0 atom stereocenters. The Labute approximate surface area is 214 Å². The summed E-state index contributed by atoms with van der Waals surface area (Å²) in [6.07, 6.45) is 4.30. The molecule has 36 heavy (non-hydrogen) atoms. The number of nitrogens with zero attached hydrogens (tertiary/aromatic N) is 1. The third-order valence-electron chi connectivity index (χ3n) is 6.63. The van der Waals surface area contributed by atoms with Gasteiger partial charge in [0.25, 0.3) is 0 Å². The van der Waals surface area contributed by atoms with Crippen LogP contribution in [0.4, 0.5) is 0 Å². The van der Waals surface area contributed by atoms with Crippen LogP contribution in [0.15, 0.2) is 127 Å². The molecule has 0 aliphatic rings. The van der Waals surface area contributed by atoms with E-state index in [1.54, 1.807) is 0 Å². The Bertz CT molecular complexity index is 1620. The molecular weight excluding hydrogens is 434 g/mol. The average Bonchev–Trinajstić information content (AvgIpc) is 3.26. The number of benzene rings is 5. The first-order chi connectivity index (χ1) is 17.7. The first kappa shape index (κ1) is 23.4. The van der Waals surface area contributed by atoms with Gasteiger partial charge in [-0.1, -0.05) is 115 Å². The molecule has 0 aliphatic carbocycles. The maximum Gasteiger partial charge on any atom is 0.0576 e. The molecule has 0 N–H and O–H groups in total. The van der Waals surface area contributed by atoms with Gasteiger partial charge in [-0.25, -0.2) is 0 Å². The summed E-state index contributed by atoms with van der Waals surface area (Å²) in [7, 11) is 0. The number of aromatic nitrogens is 1. The molecule has 0 unspecified atom stereocenters. The molecule has 0 radical (unpaired) electrons. The minimum Gasteiger partial charge on any atom is -0.309 e. The van der Waals surface area contributed by atoms with Gasteiger partial charge in [0.05, 0.1) is 11.0 Å². The lowest BCUT2D eigenvalue weighted by atomic mass is 10.0. The van der Waals surface area contributed by atoms with E-state index in [4.69, 9.17) is 0 Å². The first-order valence-electron chi connectivity index (χ1n) is 12.5. The normalized spacial score (nSPS) is 11.1. The molecule has 1 heteroatoms. The van der Waals surface area contributed by atoms with Gasteiger partial charge in [0.1, 0.15) is 0 Å². The summed E-state index contributed by atoms with van der Waals surface area (Å²) >= 11 is 0. The van der Waals surface area contributed by atoms with Gasteiger partial charge in [0, 0.05) is 16.5 Å². The number of hydrogen-bond acceptors (Lipinski definition) is 0. The molecule has 0 aliphatic heterocycles. The van der Waals surface area contributed by atoms with Crippen molar-refractivity contribution in [3.05, 3.63) is 144 Å². The van der Waals surface area contributed by atoms with E-state index in [0.29, 0.717) is 0 Å². The van der Waals surface area contributed by atoms with Crippen molar-refractivity contribution in [2.45, 2.75) is 20.8 Å². The topological polar surface area (TPSA) is 4.93 Å². The minimum absolute atomic E-state index is 1.20. The van der Waals surface area contributed by atoms with Gasteiger partial charge in [-0.2, -0.15) is 0 Å². The zero-order chi connectivity index (χ0) is 24.9. The van der Waals surface area contributed by atoms with Crippen molar-refractivity contribution in [1.82, 2.24) is 4.57 Å². The molecule has 1 heterocycles. The number of aryl methyl sites for hydroxylation is 2. The lowest BCUT2D eigenvalue weighted by molar-refractivity contribution is 1.17. The number of para-hydroxylation sites is 1. The molecule has 0 bridgehead atoms. The average molecular weight is 466 g/mol. The fraction of sp³-hybridized carbons (Fsp3) is 0.0857. The smallest absolute Gasteiger partial charge is 0.0576 e. The summed E-state index contributed by atoms with van der Waals surface area (Å²) in [4.78, 5) is 0. The second kappa shape index (κ2) is 10.5. The maximum atomic E-state index is 2.40. The number of rotatable bonds is 3. The molecule has 5 aromatic carbocycles. The molecule has 6 aromatic rings. The van der Waals surface area contributed by atoms with Gasteiger partial charge in [-0.15, -0.1) is 0 Å². The molecule has 0 fully saturated rings. The Morgan fingerprint density at radius 1 is 0.583 bits per heavy atom. The fourth-order valence-corrected chi connectivity index (χ4v) is 4.84. The summed E-state index contributed by atoms with van der Waals surface area (Å²) < 4.78 is 2.40. The summed E-state index contributed by atoms with van der Waals surface area (Å²) in [6.45, 7) is 6.39. The summed E-state index contributed by atoms with van der Waals surface area (Å²) in [5, 5.41) is 2.59. The van der Waals surface area contributed by atoms with E-state index < -0.39 is 0 Å². The third kappa shape index (κ3) is 4.61. The highest BCUT2D eigenvalue weighted by Gasteiger charge is 2.16. The van der Waals surface area contributed by atoms with Crippen LogP contribution < -0.4 is 0 Å². The van der Waals surface area contributed by atoms with Crippen LogP contribution in [-0.2, 0) is 0 Å². The van der Waals surface area contributed by atoms with Gasteiger partial charge in [0.15, 0.2) is 0 Å². The Morgan fingerprint density at radius 2 is 1.22 bits per heavy atom. The highest BCUT2D eigenvalue weighted by Crippen LogP contribution is 2.37. The monoisotopic (exact) mass is 465 g/mol. The Kier molecular flexibility index (Phi) is 6.82. The Hall–Kier alpha value is -4.36. The van der Waals surface area contributed by atoms with E-state index in [9.17, 15) is 0 Å². The van der Waals surface area contributed by atoms with E-state index in [2.05, 4.69) is 141 Å². The molecule has 0 saturated carbocycles. The van der Waals surface area contributed by atoms with Crippen molar-refractivity contribution < 1.29 is 0 Å². The molecule has 1 aromatic heterocycles. The van der Waals surface area contributed by atoms with Crippen LogP contribution in [0, 0.1) is 13.8 Å². The zero-order valence-electron chi connectivity index (χ0n) is 21.1. The van der Waals surface area contributed by atoms with Crippen LogP contribution in [0.2, 0.25) is 0 Å². The van der Waals surface area contributed by atoms with E-state index >= 15 is 0 Å². The van der Waals surface area contributed by atoms with Crippen molar-refractivity contribution in [1.29, 1.82) is 0 Å². The SMILES string of the molecule is C/C=C\c1ccc2c3cc(-c4ccccc4)ccc3n(-c3ccccc3)c2c1C.Cc1ccccc1. The van der Waals surface area contributed by atoms with E-state index in [1.165, 1.54) is 55.3 Å². The van der Waals surface area contributed by atoms with Crippen molar-refractivity contribution in [3.8, 4) is 16.8 Å². The standard InChI is InChI=1S/C28H23N.C7H8/c1-3-10-21-15-17-25-26-19-23(22-11-6-4-7-12-22)16-18-27(26)29(28(25)20(21)2)24-13-8-5-9-14-24;1-7-5-3-2-4-6-7/h3-19H,1-2H3;2-6H,1H3/b10-3-;. The van der Waals surface area contributed by atoms with Crippen LogP contribution >= 0.6 is 0 Å². The predicted octanol–water partition coefficient (Wildman–Crippen LogP) is 9.79. The van der Waals surface area contributed by atoms with Crippen LogP contribution in [0.5, 0.6) is 0 Å². The molecule has 0 amide bonds. The third-order valence-corrected chi connectivity index (χ3v) is 6.63. The molecule has 1 nitrogen and oxygen atoms in total. The van der Waals surface area contributed by atoms with Crippen LogP contribution in [0.1, 0.15) is 23.6 Å². The van der Waals surface area contributed by atoms with Crippen molar-refractivity contribution in [3.63, 3.8) is 0 Å². The van der Waals surface area contributed by atoms with E-state index in [1.807, 2.05) is 18.2 Å². The predicted molar refractivity (Wildman–Crippen MR) is 157 cm³/mol. The second-order valence-corrected chi connectivity index (χ2v) is 9.10. The summed E-state index contributed by atoms with van der Waals surface area (Å²) in [5.41, 5.74) is 10.1. The fourth-order valence-electron chi connectivity index (χ4n) is 4.84. The summed E-state index contributed by atoms with van der Waals surface area (Å²) in [6, 6.07) is 42.9. The Balaban J connectivity index is 0.000000330. The van der Waals surface area contributed by atoms with Gasteiger partial charge < -0.3 is 4.57 Å². The number of fused-ring (bicyclic) bond motifs is 3. The molecule has 0 spiro atoms. The molecular formula is C35H31N. The quantitative estimate of drug-likeness (QED) is 0.245. The van der Waals surface area contributed by atoms with E-state index in [-0.39, 0.29) is 0 Å². The molecule has 6 rings (SSSR count). The van der Waals surface area contributed by atoms with Gasteiger partial charge in [-0.3, -0.25) is 0 Å². The van der Waals surface area contributed by atoms with Crippen LogP contribution in [0.25, 0.3) is 44.7 Å². The van der Waals surface area contributed by atoms with Crippen LogP contribution in [-0.4, -0.2) is 4.57 Å². The maximum absolute atomic E-state index is 2.40. The first-order valence-corrected chi connectivity index (χ1v) is 12.5. The highest BCUT2D eigenvalue weighted by molar-refractivity contribution is 6.12. The van der Waals surface area contributed by atoms with Crippen LogP contribution in [0.3, 0.4) is 0 Å². The Morgan fingerprint density at radius 3 is 1.83 bits per heavy atom. The van der Waals surface area contributed by atoms with Gasteiger partial charge in [0.2, 0.25) is 0 Å². The minimum atomic E-state index is 1.20. The lowest BCUT2D eigenvalue weighted by Gasteiger charge is -2.11. The second-order valence-electron chi connectivity index (χ2n) is 9.10. The van der Waals surface area contributed by atoms with Crippen molar-refractivity contribution in [2.75, 3.05) is 0 Å². The largest absolute Gasteiger partial charge is 0.309 e. The van der Waals surface area contributed by atoms with Gasteiger partial charge >= 0.3 is 0 Å². The molecule has 0 saturated heterocycles. The lowest BCUT2D eigenvalue weighted by Crippen LogP contribution is -1.96. The van der Waals surface area contributed by atoms with Crippen molar-refractivity contribution >= 4 is 27.9 Å². The van der Waals surface area contributed by atoms with Gasteiger partial charge in [-0.05, 0) is 67.3 Å². The summed E-state index contributed by atoms with van der Waals surface area (Å²) in [5.74, 6) is 0. The zero-order valence-corrected chi connectivity index (χ0v) is 21.1. The number of hydrogen-bond donors (Lipinski definition) is 0. The molecule has 176 valence electrons. The van der Waals surface area contributed by atoms with E-state index in [0.717, 1.165) is 0 Å². The number of allylic oxidation sites excluding steroid dienone is 1. The highest BCUT2D eigenvalue weighted by atomic mass is 15.0. The van der Waals surface area contributed by atoms with Crippen molar-refractivity contribution in [2.24, 2.45) is 0 Å².